The first kappa shape index (κ1) is 35.8. The molecule has 1 aromatic rings. The van der Waals surface area contributed by atoms with Crippen LogP contribution in [0.4, 0.5) is 10.5 Å². The van der Waals surface area contributed by atoms with Crippen LogP contribution in [0.15, 0.2) is 48.0 Å². The highest BCUT2D eigenvalue weighted by Crippen LogP contribution is 2.18. The van der Waals surface area contributed by atoms with Gasteiger partial charge in [-0.05, 0) is 56.5 Å². The normalized spacial score (nSPS) is 12.1. The molecule has 10 nitrogen and oxygen atoms in total. The van der Waals surface area contributed by atoms with Gasteiger partial charge in [-0.1, -0.05) is 52.3 Å². The molecule has 10 heteroatoms. The smallest absolute Gasteiger partial charge is 0.312 e. The molecule has 1 unspecified atom stereocenters. The van der Waals surface area contributed by atoms with E-state index in [1.165, 1.54) is 6.42 Å². The Kier molecular flexibility index (Phi) is 20.8. The summed E-state index contributed by atoms with van der Waals surface area (Å²) in [5, 5.41) is 12.1. The summed E-state index contributed by atoms with van der Waals surface area (Å²) in [6, 6.07) is 7.19. The molecule has 1 rings (SSSR count). The first-order valence-corrected chi connectivity index (χ1v) is 14.0. The molecule has 0 heterocycles. The van der Waals surface area contributed by atoms with Crippen LogP contribution >= 0.6 is 0 Å². The number of anilines is 1. The summed E-state index contributed by atoms with van der Waals surface area (Å²) in [5.41, 5.74) is 13.5. The second-order valence-corrected chi connectivity index (χ2v) is 9.12. The monoisotopic (exact) mass is 547 g/mol. The van der Waals surface area contributed by atoms with E-state index in [9.17, 15) is 9.59 Å². The van der Waals surface area contributed by atoms with Gasteiger partial charge < -0.3 is 42.4 Å². The largest absolute Gasteiger partial charge is 0.474 e. The summed E-state index contributed by atoms with van der Waals surface area (Å²) in [5.74, 6) is 0.627. The number of ether oxygens (including phenoxy) is 1. The highest BCUT2D eigenvalue weighted by atomic mass is 16.5. The Morgan fingerprint density at radius 2 is 1.69 bits per heavy atom. The van der Waals surface area contributed by atoms with Crippen LogP contribution in [0, 0.1) is 0 Å². The van der Waals surface area contributed by atoms with E-state index in [1.54, 1.807) is 0 Å². The number of primary amides is 1. The molecule has 8 N–H and O–H groups in total. The Balaban J connectivity index is 0.00000458. The molecule has 0 aliphatic carbocycles. The molecule has 0 radical (unpaired) electrons. The topological polar surface area (TPSA) is 147 Å². The number of allylic oxidation sites excluding steroid dienone is 2. The lowest BCUT2D eigenvalue weighted by atomic mass is 10.1. The maximum atomic E-state index is 12.0. The second kappa shape index (κ2) is 22.7. The average Bonchev–Trinajstić information content (AvgIpc) is 2.92. The molecule has 0 aliphatic heterocycles. The number of nitrogens with zero attached hydrogens (tertiary/aromatic N) is 1. The molecule has 0 aliphatic rings. The lowest BCUT2D eigenvalue weighted by Crippen LogP contribution is -2.42. The van der Waals surface area contributed by atoms with Gasteiger partial charge in [0.25, 0.3) is 0 Å². The summed E-state index contributed by atoms with van der Waals surface area (Å²) in [7, 11) is 3.96. The predicted octanol–water partition coefficient (Wildman–Crippen LogP) is 3.62. The second-order valence-electron chi connectivity index (χ2n) is 9.12. The lowest BCUT2D eigenvalue weighted by molar-refractivity contribution is -0.120. The van der Waals surface area contributed by atoms with Crippen LogP contribution in [0.25, 0.3) is 0 Å². The zero-order valence-corrected chi connectivity index (χ0v) is 24.9. The van der Waals surface area contributed by atoms with E-state index >= 15 is 0 Å². The van der Waals surface area contributed by atoms with Crippen LogP contribution in [-0.2, 0) is 16.1 Å². The van der Waals surface area contributed by atoms with Crippen LogP contribution in [0.2, 0.25) is 0 Å². The Bertz CT molecular complexity index is 857. The van der Waals surface area contributed by atoms with Gasteiger partial charge in [0, 0.05) is 38.1 Å². The number of rotatable bonds is 18. The SMILES string of the molecule is CC/C=C(\Nc1ccc(CO/C(=C/CC)N(C)CCNC)cc1)C(CCCNC(N)=O)NC(=O)CN.CCC. The number of nitrogens with two attached hydrogens (primary N) is 2. The van der Waals surface area contributed by atoms with Crippen molar-refractivity contribution < 1.29 is 14.3 Å². The minimum Gasteiger partial charge on any atom is -0.474 e. The number of hydrogen-bond donors (Lipinski definition) is 6. The van der Waals surface area contributed by atoms with Gasteiger partial charge in [-0.25, -0.2) is 4.79 Å². The molecule has 0 spiro atoms. The fourth-order valence-corrected chi connectivity index (χ4v) is 3.47. The third kappa shape index (κ3) is 17.1. The Labute approximate surface area is 236 Å². The minimum absolute atomic E-state index is 0.0945. The lowest BCUT2D eigenvalue weighted by Gasteiger charge is -2.24. The molecular formula is C29H53N7O3. The van der Waals surface area contributed by atoms with Crippen LogP contribution in [-0.4, -0.2) is 63.2 Å². The van der Waals surface area contributed by atoms with Gasteiger partial charge >= 0.3 is 6.03 Å². The van der Waals surface area contributed by atoms with Crippen molar-refractivity contribution in [3.63, 3.8) is 0 Å². The predicted molar refractivity (Wildman–Crippen MR) is 162 cm³/mol. The van der Waals surface area contributed by atoms with Crippen molar-refractivity contribution >= 4 is 17.6 Å². The van der Waals surface area contributed by atoms with Crippen LogP contribution in [0.5, 0.6) is 0 Å². The number of carbonyl (C=O) groups excluding carboxylic acids is 2. The Hall–Kier alpha value is -3.24. The molecule has 39 heavy (non-hydrogen) atoms. The Morgan fingerprint density at radius 1 is 1.05 bits per heavy atom. The fourth-order valence-electron chi connectivity index (χ4n) is 3.47. The number of benzene rings is 1. The standard InChI is InChI=1S/C26H45N7O3.C3H8/c1-5-8-22(23(32-24(34)18-27)10-7-15-30-26(28)35)31-21-13-11-20(12-14-21)19-36-25(9-6-2)33(4)17-16-29-3;1-3-2/h8-9,11-14,23,29,31H,5-7,10,15-19,27H2,1-4H3,(H,32,34)(H3,28,30,35);3H2,1-2H3/b22-8-,25-9+;. The number of urea groups is 1. The van der Waals surface area contributed by atoms with Gasteiger partial charge in [0.15, 0.2) is 5.88 Å². The average molecular weight is 548 g/mol. The van der Waals surface area contributed by atoms with Gasteiger partial charge in [0.1, 0.15) is 6.61 Å². The van der Waals surface area contributed by atoms with E-state index in [0.717, 1.165) is 48.8 Å². The molecule has 0 fully saturated rings. The fraction of sp³-hybridized carbons (Fsp3) is 0.586. The first-order valence-electron chi connectivity index (χ1n) is 14.0. The van der Waals surface area contributed by atoms with E-state index in [-0.39, 0.29) is 18.5 Å². The summed E-state index contributed by atoms with van der Waals surface area (Å²) in [6.07, 6.45) is 8.33. The highest BCUT2D eigenvalue weighted by molar-refractivity contribution is 5.78. The third-order valence-corrected chi connectivity index (χ3v) is 5.37. The molecular weight excluding hydrogens is 494 g/mol. The van der Waals surface area contributed by atoms with Crippen LogP contribution in [0.1, 0.15) is 65.4 Å². The molecule has 0 saturated heterocycles. The molecule has 0 aromatic heterocycles. The van der Waals surface area contributed by atoms with Crippen LogP contribution < -0.4 is 32.7 Å². The van der Waals surface area contributed by atoms with Crippen molar-refractivity contribution in [1.82, 2.24) is 20.9 Å². The summed E-state index contributed by atoms with van der Waals surface area (Å²) in [4.78, 5) is 25.1. The quantitative estimate of drug-likeness (QED) is 0.122. The number of hydrogen-bond acceptors (Lipinski definition) is 7. The number of likely N-dealkylation sites (N-methyl/N-ethyl adjacent to an activating group) is 2. The summed E-state index contributed by atoms with van der Waals surface area (Å²) in [6.45, 7) is 10.9. The summed E-state index contributed by atoms with van der Waals surface area (Å²) < 4.78 is 6.08. The molecule has 3 amide bonds. The van der Waals surface area contributed by atoms with Gasteiger partial charge in [-0.3, -0.25) is 4.79 Å². The molecule has 222 valence electrons. The third-order valence-electron chi connectivity index (χ3n) is 5.37. The van der Waals surface area contributed by atoms with Gasteiger partial charge in [-0.2, -0.15) is 0 Å². The van der Waals surface area contributed by atoms with E-state index in [4.69, 9.17) is 16.2 Å². The zero-order valence-electron chi connectivity index (χ0n) is 24.9. The van der Waals surface area contributed by atoms with Crippen molar-refractivity contribution in [2.24, 2.45) is 11.5 Å². The minimum atomic E-state index is -0.564. The van der Waals surface area contributed by atoms with Crippen molar-refractivity contribution in [1.29, 1.82) is 0 Å². The van der Waals surface area contributed by atoms with E-state index < -0.39 is 6.03 Å². The van der Waals surface area contributed by atoms with Crippen molar-refractivity contribution in [2.45, 2.75) is 72.4 Å². The van der Waals surface area contributed by atoms with E-state index in [2.05, 4.69) is 53.0 Å². The van der Waals surface area contributed by atoms with Gasteiger partial charge in [-0.15, -0.1) is 0 Å². The number of carbonyl (C=O) groups is 2. The maximum absolute atomic E-state index is 12.0. The van der Waals surface area contributed by atoms with E-state index in [0.29, 0.717) is 26.0 Å². The van der Waals surface area contributed by atoms with Gasteiger partial charge in [0.2, 0.25) is 5.91 Å². The number of amides is 3. The zero-order chi connectivity index (χ0) is 29.5. The van der Waals surface area contributed by atoms with Gasteiger partial charge in [0.05, 0.1) is 12.6 Å². The highest BCUT2D eigenvalue weighted by Gasteiger charge is 2.17. The van der Waals surface area contributed by atoms with Crippen LogP contribution in [0.3, 0.4) is 0 Å². The summed E-state index contributed by atoms with van der Waals surface area (Å²) >= 11 is 0. The Morgan fingerprint density at radius 3 is 2.23 bits per heavy atom. The molecule has 1 aromatic carbocycles. The van der Waals surface area contributed by atoms with Crippen molar-refractivity contribution in [3.8, 4) is 0 Å². The first-order chi connectivity index (χ1) is 18.8. The van der Waals surface area contributed by atoms with Crippen molar-refractivity contribution in [3.05, 3.63) is 53.6 Å². The maximum Gasteiger partial charge on any atom is 0.312 e. The molecule has 1 atom stereocenters. The molecule has 0 bridgehead atoms. The van der Waals surface area contributed by atoms with E-state index in [1.807, 2.05) is 51.4 Å². The molecule has 0 saturated carbocycles. The number of nitrogens with one attached hydrogen (secondary N) is 4. The van der Waals surface area contributed by atoms with Crippen molar-refractivity contribution in [2.75, 3.05) is 45.6 Å².